The van der Waals surface area contributed by atoms with Crippen LogP contribution in [0.15, 0.2) is 35.2 Å². The van der Waals surface area contributed by atoms with Crippen LogP contribution < -0.4 is 0 Å². The Bertz CT molecular complexity index is 568. The average Bonchev–Trinajstić information content (AvgIpc) is 2.64. The molecule has 2 nitrogen and oxygen atoms in total. The third kappa shape index (κ3) is 1.18. The molecule has 0 aliphatic heterocycles. The standard InChI is InChI=1S/C13H13BrO2S/c14-12-9-6-8-10(12)11(8)13(9)17(15,16)7-4-2-1-3-5-7/h1-5,8-13H,6H2/t8-,9-,10+,11+,12+,13+/m0/s1. The van der Waals surface area contributed by atoms with Gasteiger partial charge in [0, 0.05) is 4.83 Å². The summed E-state index contributed by atoms with van der Waals surface area (Å²) < 4.78 is 25.3. The Morgan fingerprint density at radius 2 is 1.76 bits per heavy atom. The molecule has 0 radical (unpaired) electrons. The van der Waals surface area contributed by atoms with Crippen LogP contribution >= 0.6 is 15.9 Å². The van der Waals surface area contributed by atoms with Gasteiger partial charge in [-0.1, -0.05) is 34.1 Å². The third-order valence-electron chi connectivity index (χ3n) is 4.84. The SMILES string of the molecule is O=S(=O)(c1ccccc1)[C@@H]1[C@H]2C[C@H]3[C@@H]([C@@H]2Br)[C@@H]31. The molecule has 0 saturated heterocycles. The van der Waals surface area contributed by atoms with E-state index in [1.54, 1.807) is 12.1 Å². The molecule has 4 bridgehead atoms. The highest BCUT2D eigenvalue weighted by atomic mass is 79.9. The lowest BCUT2D eigenvalue weighted by atomic mass is 10.1. The molecule has 17 heavy (non-hydrogen) atoms. The maximum atomic E-state index is 12.6. The lowest BCUT2D eigenvalue weighted by Crippen LogP contribution is -2.27. The van der Waals surface area contributed by atoms with Gasteiger partial charge in [0.2, 0.25) is 0 Å². The molecule has 4 aliphatic rings. The summed E-state index contributed by atoms with van der Waals surface area (Å²) in [7, 11) is -3.12. The van der Waals surface area contributed by atoms with E-state index in [9.17, 15) is 8.42 Å². The van der Waals surface area contributed by atoms with Crippen LogP contribution in [0.5, 0.6) is 0 Å². The minimum atomic E-state index is -3.12. The summed E-state index contributed by atoms with van der Waals surface area (Å²) >= 11 is 3.69. The molecule has 4 heteroatoms. The second-order valence-electron chi connectivity index (χ2n) is 5.49. The zero-order valence-electron chi connectivity index (χ0n) is 9.16. The summed E-state index contributed by atoms with van der Waals surface area (Å²) in [5.74, 6) is 2.12. The van der Waals surface area contributed by atoms with Gasteiger partial charge in [0.25, 0.3) is 0 Å². The van der Waals surface area contributed by atoms with Gasteiger partial charge in [-0.15, -0.1) is 0 Å². The highest BCUT2D eigenvalue weighted by molar-refractivity contribution is 9.09. The molecule has 0 N–H and O–H groups in total. The fraction of sp³-hybridized carbons (Fsp3) is 0.538. The van der Waals surface area contributed by atoms with E-state index in [4.69, 9.17) is 0 Å². The zero-order chi connectivity index (χ0) is 11.8. The van der Waals surface area contributed by atoms with E-state index in [1.165, 1.54) is 0 Å². The van der Waals surface area contributed by atoms with Gasteiger partial charge in [-0.25, -0.2) is 8.42 Å². The summed E-state index contributed by atoms with van der Waals surface area (Å²) in [4.78, 5) is 0.948. The van der Waals surface area contributed by atoms with Crippen LogP contribution in [-0.4, -0.2) is 18.5 Å². The lowest BCUT2D eigenvalue weighted by molar-refractivity contribution is 0.547. The third-order valence-corrected chi connectivity index (χ3v) is 8.44. The second kappa shape index (κ2) is 3.15. The minimum Gasteiger partial charge on any atom is -0.223 e. The topological polar surface area (TPSA) is 34.1 Å². The number of rotatable bonds is 2. The second-order valence-corrected chi connectivity index (χ2v) is 8.65. The van der Waals surface area contributed by atoms with Crippen LogP contribution in [0.1, 0.15) is 6.42 Å². The van der Waals surface area contributed by atoms with Crippen molar-refractivity contribution >= 4 is 25.8 Å². The summed E-state index contributed by atoms with van der Waals surface area (Å²) in [5.41, 5.74) is 0. The molecule has 90 valence electrons. The van der Waals surface area contributed by atoms with Gasteiger partial charge in [-0.2, -0.15) is 0 Å². The van der Waals surface area contributed by atoms with Gasteiger partial charge in [0.15, 0.2) is 9.84 Å². The Balaban J connectivity index is 1.78. The molecule has 0 spiro atoms. The predicted octanol–water partition coefficient (Wildman–Crippen LogP) is 2.49. The molecule has 0 aromatic heterocycles. The van der Waals surface area contributed by atoms with Crippen LogP contribution in [0.2, 0.25) is 0 Å². The molecule has 4 aliphatic carbocycles. The Morgan fingerprint density at radius 3 is 2.24 bits per heavy atom. The largest absolute Gasteiger partial charge is 0.223 e. The van der Waals surface area contributed by atoms with E-state index >= 15 is 0 Å². The Morgan fingerprint density at radius 1 is 1.06 bits per heavy atom. The Hall–Kier alpha value is -0.350. The van der Waals surface area contributed by atoms with Gasteiger partial charge in [0.05, 0.1) is 10.1 Å². The van der Waals surface area contributed by atoms with Gasteiger partial charge in [-0.3, -0.25) is 0 Å². The van der Waals surface area contributed by atoms with E-state index in [-0.39, 0.29) is 5.25 Å². The molecular formula is C13H13BrO2S. The van der Waals surface area contributed by atoms with Crippen molar-refractivity contribution in [1.29, 1.82) is 0 Å². The molecule has 0 amide bonds. The molecular weight excluding hydrogens is 300 g/mol. The molecule has 5 rings (SSSR count). The summed E-state index contributed by atoms with van der Waals surface area (Å²) in [5, 5.41) is -0.121. The van der Waals surface area contributed by atoms with Gasteiger partial charge >= 0.3 is 0 Å². The summed E-state index contributed by atoms with van der Waals surface area (Å²) in [6.07, 6.45) is 1.11. The number of halogens is 1. The fourth-order valence-corrected chi connectivity index (χ4v) is 8.07. The van der Waals surface area contributed by atoms with E-state index in [2.05, 4.69) is 15.9 Å². The van der Waals surface area contributed by atoms with Gasteiger partial charge in [-0.05, 0) is 42.2 Å². The van der Waals surface area contributed by atoms with Crippen LogP contribution in [0.4, 0.5) is 0 Å². The molecule has 0 unspecified atom stereocenters. The highest BCUT2D eigenvalue weighted by Crippen LogP contribution is 2.74. The Labute approximate surface area is 109 Å². The van der Waals surface area contributed by atoms with Gasteiger partial charge in [0.1, 0.15) is 0 Å². The monoisotopic (exact) mass is 312 g/mol. The van der Waals surface area contributed by atoms with Crippen LogP contribution in [-0.2, 0) is 9.84 Å². The lowest BCUT2D eigenvalue weighted by Gasteiger charge is -2.17. The van der Waals surface area contributed by atoms with E-state index in [0.29, 0.717) is 33.4 Å². The van der Waals surface area contributed by atoms with E-state index < -0.39 is 9.84 Å². The van der Waals surface area contributed by atoms with Crippen molar-refractivity contribution in [1.82, 2.24) is 0 Å². The summed E-state index contributed by atoms with van der Waals surface area (Å²) in [6, 6.07) is 8.93. The van der Waals surface area contributed by atoms with E-state index in [0.717, 1.165) is 6.42 Å². The number of sulfone groups is 1. The molecule has 1 aromatic carbocycles. The molecule has 0 heterocycles. The molecule has 4 saturated carbocycles. The van der Waals surface area contributed by atoms with Crippen molar-refractivity contribution < 1.29 is 8.42 Å². The number of alkyl halides is 1. The Kier molecular flexibility index (Phi) is 1.96. The molecule has 6 atom stereocenters. The van der Waals surface area contributed by atoms with Crippen LogP contribution in [0, 0.1) is 23.7 Å². The fourth-order valence-electron chi connectivity index (χ4n) is 4.19. The van der Waals surface area contributed by atoms with Crippen molar-refractivity contribution in [3.05, 3.63) is 30.3 Å². The van der Waals surface area contributed by atoms with Crippen molar-refractivity contribution in [3.63, 3.8) is 0 Å². The first-order chi connectivity index (χ1) is 8.12. The van der Waals surface area contributed by atoms with Crippen LogP contribution in [0.25, 0.3) is 0 Å². The number of hydrogen-bond donors (Lipinski definition) is 0. The smallest absolute Gasteiger partial charge is 0.181 e. The van der Waals surface area contributed by atoms with Crippen molar-refractivity contribution in [2.75, 3.05) is 0 Å². The van der Waals surface area contributed by atoms with E-state index in [1.807, 2.05) is 18.2 Å². The summed E-state index contributed by atoms with van der Waals surface area (Å²) in [6.45, 7) is 0. The minimum absolute atomic E-state index is 0.121. The van der Waals surface area contributed by atoms with Crippen molar-refractivity contribution in [2.45, 2.75) is 21.4 Å². The highest BCUT2D eigenvalue weighted by Gasteiger charge is 2.75. The first-order valence-corrected chi connectivity index (χ1v) is 8.51. The number of benzene rings is 1. The maximum absolute atomic E-state index is 12.6. The van der Waals surface area contributed by atoms with Crippen molar-refractivity contribution in [3.8, 4) is 0 Å². The molecule has 1 aromatic rings. The first-order valence-electron chi connectivity index (χ1n) is 6.05. The quantitative estimate of drug-likeness (QED) is 0.786. The van der Waals surface area contributed by atoms with Crippen LogP contribution in [0.3, 0.4) is 0 Å². The average molecular weight is 313 g/mol. The zero-order valence-corrected chi connectivity index (χ0v) is 11.6. The molecule has 4 fully saturated rings. The normalized spacial score (nSPS) is 46.2. The van der Waals surface area contributed by atoms with Crippen molar-refractivity contribution in [2.24, 2.45) is 23.7 Å². The number of hydrogen-bond acceptors (Lipinski definition) is 2. The van der Waals surface area contributed by atoms with Gasteiger partial charge < -0.3 is 0 Å². The first kappa shape index (κ1) is 10.6. The predicted molar refractivity (Wildman–Crippen MR) is 68.7 cm³/mol. The maximum Gasteiger partial charge on any atom is 0.181 e.